The van der Waals surface area contributed by atoms with E-state index in [2.05, 4.69) is 126 Å². The fourth-order valence-electron chi connectivity index (χ4n) is 6.03. The van der Waals surface area contributed by atoms with Crippen LogP contribution < -0.4 is 0 Å². The first-order valence-electron chi connectivity index (χ1n) is 16.4. The Labute approximate surface area is 277 Å². The van der Waals surface area contributed by atoms with E-state index in [1.54, 1.807) is 0 Å². The van der Waals surface area contributed by atoms with Gasteiger partial charge < -0.3 is 0 Å². The Morgan fingerprint density at radius 3 is 1.43 bits per heavy atom. The maximum atomic E-state index is 5.02. The average molecular weight is 611 g/mol. The number of hydrogen-bond donors (Lipinski definition) is 0. The zero-order chi connectivity index (χ0) is 31.8. The van der Waals surface area contributed by atoms with Gasteiger partial charge in [0.05, 0.1) is 28.5 Å². The van der Waals surface area contributed by atoms with E-state index in [9.17, 15) is 0 Å². The molecule has 2 aliphatic carbocycles. The Kier molecular flexibility index (Phi) is 9.00. The molecule has 4 nitrogen and oxygen atoms in total. The predicted molar refractivity (Wildman–Crippen MR) is 196 cm³/mol. The Balaban J connectivity index is 0.000000529. The van der Waals surface area contributed by atoms with Gasteiger partial charge in [0.1, 0.15) is 0 Å². The van der Waals surface area contributed by atoms with Crippen LogP contribution in [0, 0.1) is 0 Å². The minimum atomic E-state index is 1.01. The second kappa shape index (κ2) is 14.1. The van der Waals surface area contributed by atoms with Crippen molar-refractivity contribution in [1.82, 2.24) is 19.6 Å². The normalized spacial score (nSPS) is 13.8. The van der Waals surface area contributed by atoms with E-state index in [1.165, 1.54) is 22.3 Å². The summed E-state index contributed by atoms with van der Waals surface area (Å²) in [6.45, 7) is 0. The van der Waals surface area contributed by atoms with E-state index in [4.69, 9.17) is 10.2 Å². The van der Waals surface area contributed by atoms with Gasteiger partial charge in [-0.3, -0.25) is 4.68 Å². The number of allylic oxidation sites excluding steroid dienone is 8. The maximum absolute atomic E-state index is 5.02. The van der Waals surface area contributed by atoms with Crippen LogP contribution in [0.3, 0.4) is 0 Å². The summed E-state index contributed by atoms with van der Waals surface area (Å²) in [5, 5.41) is 9.79. The number of hydrogen-bond acceptors (Lipinski definition) is 2. The SMILES string of the molecule is Cn1nc(C2=CCCC=C2)cc1-c1ccc(-c2ccc(-c3cc(C4=CCCC=C4)nn3-c3ccccc3)cc2)cc1.c1ccccc1. The summed E-state index contributed by atoms with van der Waals surface area (Å²) in [5.41, 5.74) is 12.4. The zero-order valence-corrected chi connectivity index (χ0v) is 26.7. The first-order chi connectivity index (χ1) is 23.2. The van der Waals surface area contributed by atoms with Crippen LogP contribution in [0.25, 0.3) is 50.5 Å². The van der Waals surface area contributed by atoms with Gasteiger partial charge in [-0.05, 0) is 77.8 Å². The molecule has 2 heterocycles. The summed E-state index contributed by atoms with van der Waals surface area (Å²) in [7, 11) is 2.02. The molecule has 0 bridgehead atoms. The van der Waals surface area contributed by atoms with Crippen LogP contribution in [0.1, 0.15) is 37.1 Å². The standard InChI is InChI=1S/C37H32N4.C6H6/c1-40-36(25-34(38-40)29-11-5-2-6-12-29)31-21-17-27(18-22-31)28-19-23-32(24-20-28)37-26-35(30-13-7-3-8-14-30)39-41(37)33-15-9-4-10-16-33;1-2-4-6-5-3-1/h4-5,7,9-26H,2-3,6,8H2,1H3;1-6H. The highest BCUT2D eigenvalue weighted by Gasteiger charge is 2.15. The fourth-order valence-corrected chi connectivity index (χ4v) is 6.03. The fraction of sp³-hybridized carbons (Fsp3) is 0.116. The van der Waals surface area contributed by atoms with Gasteiger partial charge in [-0.25, -0.2) is 4.68 Å². The van der Waals surface area contributed by atoms with Crippen molar-refractivity contribution in [3.8, 4) is 39.3 Å². The van der Waals surface area contributed by atoms with Crippen molar-refractivity contribution in [1.29, 1.82) is 0 Å². The Morgan fingerprint density at radius 2 is 0.915 bits per heavy atom. The highest BCUT2D eigenvalue weighted by Crippen LogP contribution is 2.32. The van der Waals surface area contributed by atoms with Crippen molar-refractivity contribution in [2.24, 2.45) is 7.05 Å². The van der Waals surface area contributed by atoms with Gasteiger partial charge in [0, 0.05) is 12.6 Å². The van der Waals surface area contributed by atoms with Crippen molar-refractivity contribution in [2.45, 2.75) is 25.7 Å². The lowest BCUT2D eigenvalue weighted by Crippen LogP contribution is -1.99. The minimum Gasteiger partial charge on any atom is -0.267 e. The van der Waals surface area contributed by atoms with Crippen LogP contribution in [0.15, 0.2) is 164 Å². The molecule has 0 aliphatic heterocycles. The molecule has 0 fully saturated rings. The molecule has 0 N–H and O–H groups in total. The van der Waals surface area contributed by atoms with E-state index in [-0.39, 0.29) is 0 Å². The summed E-state index contributed by atoms with van der Waals surface area (Å²) in [6, 6.07) is 44.4. The molecule has 2 aromatic heterocycles. The van der Waals surface area contributed by atoms with Gasteiger partial charge >= 0.3 is 0 Å². The lowest BCUT2D eigenvalue weighted by Gasteiger charge is -2.09. The quantitative estimate of drug-likeness (QED) is 0.188. The molecular weight excluding hydrogens is 573 g/mol. The minimum absolute atomic E-state index is 1.01. The first-order valence-corrected chi connectivity index (χ1v) is 16.4. The summed E-state index contributed by atoms with van der Waals surface area (Å²) in [4.78, 5) is 0. The molecule has 4 aromatic carbocycles. The first kappa shape index (κ1) is 29.9. The van der Waals surface area contributed by atoms with Crippen molar-refractivity contribution >= 4 is 11.1 Å². The molecule has 0 saturated heterocycles. The lowest BCUT2D eigenvalue weighted by molar-refractivity contribution is 0.771. The third-order valence-corrected chi connectivity index (χ3v) is 8.53. The van der Waals surface area contributed by atoms with Crippen LogP contribution in [-0.4, -0.2) is 19.6 Å². The van der Waals surface area contributed by atoms with E-state index in [0.717, 1.165) is 65.3 Å². The monoisotopic (exact) mass is 610 g/mol. The molecule has 0 unspecified atom stereocenters. The van der Waals surface area contributed by atoms with E-state index in [1.807, 2.05) is 54.2 Å². The third kappa shape index (κ3) is 6.92. The van der Waals surface area contributed by atoms with Gasteiger partial charge in [0.2, 0.25) is 0 Å². The molecule has 4 heteroatoms. The second-order valence-corrected chi connectivity index (χ2v) is 11.8. The van der Waals surface area contributed by atoms with E-state index in [0.29, 0.717) is 0 Å². The molecule has 0 amide bonds. The van der Waals surface area contributed by atoms with Crippen molar-refractivity contribution < 1.29 is 0 Å². The van der Waals surface area contributed by atoms with Gasteiger partial charge in [0.15, 0.2) is 0 Å². The van der Waals surface area contributed by atoms with Crippen molar-refractivity contribution in [3.05, 3.63) is 175 Å². The van der Waals surface area contributed by atoms with Gasteiger partial charge in [-0.15, -0.1) is 0 Å². The van der Waals surface area contributed by atoms with Gasteiger partial charge in [-0.1, -0.05) is 140 Å². The average Bonchev–Trinajstić information content (AvgIpc) is 3.79. The summed E-state index contributed by atoms with van der Waals surface area (Å²) >= 11 is 0. The van der Waals surface area contributed by atoms with Crippen LogP contribution in [-0.2, 0) is 7.05 Å². The highest BCUT2D eigenvalue weighted by atomic mass is 15.3. The molecule has 230 valence electrons. The molecule has 6 aromatic rings. The summed E-state index contributed by atoms with van der Waals surface area (Å²) in [6.07, 6.45) is 17.7. The van der Waals surface area contributed by atoms with Crippen molar-refractivity contribution in [3.63, 3.8) is 0 Å². The summed E-state index contributed by atoms with van der Waals surface area (Å²) in [5.74, 6) is 0. The predicted octanol–water partition coefficient (Wildman–Crippen LogP) is 10.8. The smallest absolute Gasteiger partial charge is 0.0930 e. The van der Waals surface area contributed by atoms with Crippen LogP contribution >= 0.6 is 0 Å². The Morgan fingerprint density at radius 1 is 0.468 bits per heavy atom. The highest BCUT2D eigenvalue weighted by molar-refractivity contribution is 5.79. The third-order valence-electron chi connectivity index (χ3n) is 8.53. The molecule has 8 rings (SSSR count). The van der Waals surface area contributed by atoms with E-state index >= 15 is 0 Å². The van der Waals surface area contributed by atoms with Gasteiger partial charge in [-0.2, -0.15) is 10.2 Å². The molecule has 0 radical (unpaired) electrons. The Hall–Kier alpha value is -5.74. The number of aromatic nitrogens is 4. The zero-order valence-electron chi connectivity index (χ0n) is 26.7. The second-order valence-electron chi connectivity index (χ2n) is 11.8. The van der Waals surface area contributed by atoms with Crippen LogP contribution in [0.5, 0.6) is 0 Å². The summed E-state index contributed by atoms with van der Waals surface area (Å²) < 4.78 is 4.04. The van der Waals surface area contributed by atoms with Gasteiger partial charge in [0.25, 0.3) is 0 Å². The number of nitrogens with zero attached hydrogens (tertiary/aromatic N) is 4. The van der Waals surface area contributed by atoms with Crippen LogP contribution in [0.4, 0.5) is 0 Å². The van der Waals surface area contributed by atoms with Crippen LogP contribution in [0.2, 0.25) is 0 Å². The van der Waals surface area contributed by atoms with E-state index < -0.39 is 0 Å². The molecule has 0 saturated carbocycles. The maximum Gasteiger partial charge on any atom is 0.0930 e. The number of aryl methyl sites for hydroxylation is 1. The molecule has 47 heavy (non-hydrogen) atoms. The topological polar surface area (TPSA) is 35.6 Å². The molecular formula is C43H38N4. The largest absolute Gasteiger partial charge is 0.267 e. The lowest BCUT2D eigenvalue weighted by atomic mass is 9.99. The number of benzene rings is 4. The van der Waals surface area contributed by atoms with Crippen molar-refractivity contribution in [2.75, 3.05) is 0 Å². The Bertz CT molecular complexity index is 2030. The molecule has 0 atom stereocenters. The number of para-hydroxylation sites is 1. The molecule has 0 spiro atoms. The number of rotatable bonds is 6. The molecule has 2 aliphatic rings.